The average Bonchev–Trinajstić information content (AvgIpc) is 2.25. The Kier molecular flexibility index (Phi) is 4.13. The van der Waals surface area contributed by atoms with Crippen molar-refractivity contribution >= 4 is 23.2 Å². The van der Waals surface area contributed by atoms with E-state index < -0.39 is 0 Å². The van der Waals surface area contributed by atoms with Crippen LogP contribution in [0.1, 0.15) is 12.8 Å². The largest absolute Gasteiger partial charge is 0.391 e. The van der Waals surface area contributed by atoms with E-state index in [9.17, 15) is 5.11 Å². The third-order valence-electron chi connectivity index (χ3n) is 3.39. The van der Waals surface area contributed by atoms with E-state index in [2.05, 4.69) is 10.2 Å². The summed E-state index contributed by atoms with van der Waals surface area (Å²) < 4.78 is 0. The summed E-state index contributed by atoms with van der Waals surface area (Å²) in [6.07, 6.45) is 1.10. The number of hydrogen-bond donors (Lipinski definition) is 2. The molecule has 0 aromatic rings. The molecule has 1 aliphatic carbocycles. The Morgan fingerprint density at radius 1 is 1.07 bits per heavy atom. The molecule has 4 unspecified atom stereocenters. The second-order valence-corrected chi connectivity index (χ2v) is 5.55. The Hall–Kier alpha value is 0.460. The van der Waals surface area contributed by atoms with E-state index in [1.807, 2.05) is 0 Å². The lowest BCUT2D eigenvalue weighted by Crippen LogP contribution is -2.56. The number of aliphatic hydroxyl groups is 1. The fourth-order valence-electron chi connectivity index (χ4n) is 2.48. The molecule has 4 atom stereocenters. The Morgan fingerprint density at radius 2 is 1.67 bits per heavy atom. The Balaban J connectivity index is 1.95. The molecule has 0 aromatic heterocycles. The molecule has 2 fully saturated rings. The maximum atomic E-state index is 10.0. The van der Waals surface area contributed by atoms with Crippen LogP contribution in [-0.2, 0) is 0 Å². The van der Waals surface area contributed by atoms with Crippen LogP contribution >= 0.6 is 23.2 Å². The van der Waals surface area contributed by atoms with Gasteiger partial charge >= 0.3 is 0 Å². The predicted octanol–water partition coefficient (Wildman–Crippen LogP) is 0.630. The lowest BCUT2D eigenvalue weighted by Gasteiger charge is -2.42. The van der Waals surface area contributed by atoms with Crippen molar-refractivity contribution < 1.29 is 5.11 Å². The monoisotopic (exact) mass is 252 g/mol. The Bertz CT molecular complexity index is 212. The lowest BCUT2D eigenvalue weighted by atomic mass is 9.90. The standard InChI is InChI=1S/C10H18Cl2N2O/c11-7-5-9(10(15)6-8(7)12)14-3-1-13-2-4-14/h7-10,13,15H,1-6H2. The normalized spacial score (nSPS) is 44.2. The second-order valence-electron chi connectivity index (χ2n) is 4.42. The molecule has 0 bridgehead atoms. The third kappa shape index (κ3) is 2.77. The SMILES string of the molecule is OC1CC(Cl)C(Cl)CC1N1CCNCC1. The van der Waals surface area contributed by atoms with Crippen molar-refractivity contribution in [3.63, 3.8) is 0 Å². The van der Waals surface area contributed by atoms with Gasteiger partial charge in [-0.1, -0.05) is 0 Å². The first-order valence-electron chi connectivity index (χ1n) is 5.59. The minimum Gasteiger partial charge on any atom is -0.391 e. The van der Waals surface area contributed by atoms with E-state index in [0.29, 0.717) is 6.42 Å². The smallest absolute Gasteiger partial charge is 0.0710 e. The number of alkyl halides is 2. The van der Waals surface area contributed by atoms with Crippen LogP contribution in [0.3, 0.4) is 0 Å². The fraction of sp³-hybridized carbons (Fsp3) is 1.00. The van der Waals surface area contributed by atoms with Crippen molar-refractivity contribution in [2.24, 2.45) is 0 Å². The van der Waals surface area contributed by atoms with Gasteiger partial charge in [-0.25, -0.2) is 0 Å². The molecule has 1 aliphatic heterocycles. The molecule has 0 spiro atoms. The first-order valence-corrected chi connectivity index (χ1v) is 6.46. The van der Waals surface area contributed by atoms with E-state index in [-0.39, 0.29) is 22.9 Å². The fourth-order valence-corrected chi connectivity index (χ4v) is 3.05. The van der Waals surface area contributed by atoms with Gasteiger partial charge in [-0.15, -0.1) is 23.2 Å². The quantitative estimate of drug-likeness (QED) is 0.673. The first kappa shape index (κ1) is 11.9. The van der Waals surface area contributed by atoms with E-state index in [4.69, 9.17) is 23.2 Å². The van der Waals surface area contributed by atoms with Crippen LogP contribution in [0.15, 0.2) is 0 Å². The molecule has 5 heteroatoms. The van der Waals surface area contributed by atoms with Crippen LogP contribution in [-0.4, -0.2) is 59.1 Å². The van der Waals surface area contributed by atoms with Crippen molar-refractivity contribution in [2.45, 2.75) is 35.7 Å². The molecule has 15 heavy (non-hydrogen) atoms. The van der Waals surface area contributed by atoms with Gasteiger partial charge in [0.2, 0.25) is 0 Å². The van der Waals surface area contributed by atoms with Crippen LogP contribution in [0.25, 0.3) is 0 Å². The van der Waals surface area contributed by atoms with Crippen molar-refractivity contribution in [3.8, 4) is 0 Å². The van der Waals surface area contributed by atoms with Crippen molar-refractivity contribution in [2.75, 3.05) is 26.2 Å². The highest BCUT2D eigenvalue weighted by Gasteiger charge is 2.37. The van der Waals surface area contributed by atoms with Gasteiger partial charge in [-0.05, 0) is 12.8 Å². The minimum absolute atomic E-state index is 0.00467. The predicted molar refractivity (Wildman–Crippen MR) is 62.8 cm³/mol. The summed E-state index contributed by atoms with van der Waals surface area (Å²) in [7, 11) is 0. The molecule has 3 nitrogen and oxygen atoms in total. The summed E-state index contributed by atoms with van der Waals surface area (Å²) in [5, 5.41) is 13.2. The first-order chi connectivity index (χ1) is 7.18. The van der Waals surface area contributed by atoms with Gasteiger partial charge in [0.1, 0.15) is 0 Å². The maximum Gasteiger partial charge on any atom is 0.0710 e. The van der Waals surface area contributed by atoms with E-state index >= 15 is 0 Å². The highest BCUT2D eigenvalue weighted by Crippen LogP contribution is 2.30. The van der Waals surface area contributed by atoms with Crippen molar-refractivity contribution in [1.29, 1.82) is 0 Å². The van der Waals surface area contributed by atoms with Crippen LogP contribution in [0.5, 0.6) is 0 Å². The van der Waals surface area contributed by atoms with Gasteiger partial charge < -0.3 is 10.4 Å². The van der Waals surface area contributed by atoms with Crippen LogP contribution in [0.2, 0.25) is 0 Å². The zero-order valence-corrected chi connectivity index (χ0v) is 10.2. The molecule has 88 valence electrons. The van der Waals surface area contributed by atoms with Gasteiger partial charge in [-0.2, -0.15) is 0 Å². The summed E-state index contributed by atoms with van der Waals surface area (Å²) in [6, 6.07) is 0.199. The number of halogens is 2. The molecule has 1 saturated carbocycles. The molecule has 2 rings (SSSR count). The van der Waals surface area contributed by atoms with Crippen LogP contribution < -0.4 is 5.32 Å². The molecular formula is C10H18Cl2N2O. The van der Waals surface area contributed by atoms with E-state index in [1.165, 1.54) is 0 Å². The summed E-state index contributed by atoms with van der Waals surface area (Å²) >= 11 is 12.2. The molecule has 1 saturated heterocycles. The number of hydrogen-bond acceptors (Lipinski definition) is 3. The van der Waals surface area contributed by atoms with Gasteiger partial charge in [0.15, 0.2) is 0 Å². The number of nitrogens with zero attached hydrogens (tertiary/aromatic N) is 1. The molecule has 2 aliphatic rings. The lowest BCUT2D eigenvalue weighted by molar-refractivity contribution is 0.0169. The highest BCUT2D eigenvalue weighted by molar-refractivity contribution is 6.30. The van der Waals surface area contributed by atoms with Crippen molar-refractivity contribution in [3.05, 3.63) is 0 Å². The molecule has 2 N–H and O–H groups in total. The third-order valence-corrected chi connectivity index (χ3v) is 4.48. The zero-order valence-electron chi connectivity index (χ0n) is 8.70. The van der Waals surface area contributed by atoms with Gasteiger partial charge in [0.05, 0.1) is 16.9 Å². The Morgan fingerprint density at radius 3 is 2.33 bits per heavy atom. The number of rotatable bonds is 1. The number of piperazine rings is 1. The van der Waals surface area contributed by atoms with Gasteiger partial charge in [-0.3, -0.25) is 4.90 Å². The molecule has 0 aromatic carbocycles. The average molecular weight is 253 g/mol. The topological polar surface area (TPSA) is 35.5 Å². The molecule has 0 amide bonds. The zero-order chi connectivity index (χ0) is 10.8. The second kappa shape index (κ2) is 5.19. The molecule has 1 heterocycles. The van der Waals surface area contributed by atoms with E-state index in [1.54, 1.807) is 0 Å². The summed E-state index contributed by atoms with van der Waals surface area (Å²) in [4.78, 5) is 2.33. The highest BCUT2D eigenvalue weighted by atomic mass is 35.5. The van der Waals surface area contributed by atoms with E-state index in [0.717, 1.165) is 32.6 Å². The van der Waals surface area contributed by atoms with Gasteiger partial charge in [0.25, 0.3) is 0 Å². The molecular weight excluding hydrogens is 235 g/mol. The molecule has 0 radical (unpaired) electrons. The van der Waals surface area contributed by atoms with Crippen LogP contribution in [0, 0.1) is 0 Å². The summed E-state index contributed by atoms with van der Waals surface area (Å²) in [6.45, 7) is 4.00. The Labute approximate surface area is 101 Å². The maximum absolute atomic E-state index is 10.0. The summed E-state index contributed by atoms with van der Waals surface area (Å²) in [5.41, 5.74) is 0. The van der Waals surface area contributed by atoms with Crippen LogP contribution in [0.4, 0.5) is 0 Å². The number of aliphatic hydroxyl groups excluding tert-OH is 1. The summed E-state index contributed by atoms with van der Waals surface area (Å²) in [5.74, 6) is 0. The minimum atomic E-state index is -0.319. The van der Waals surface area contributed by atoms with Gasteiger partial charge in [0, 0.05) is 32.2 Å². The number of nitrogens with one attached hydrogen (secondary N) is 1. The van der Waals surface area contributed by atoms with Crippen molar-refractivity contribution in [1.82, 2.24) is 10.2 Å².